The highest BCUT2D eigenvalue weighted by molar-refractivity contribution is 5.68. The van der Waals surface area contributed by atoms with Crippen LogP contribution in [0.5, 0.6) is 5.88 Å². The first kappa shape index (κ1) is 17.3. The number of pyridine rings is 1. The quantitative estimate of drug-likeness (QED) is 0.812. The van der Waals surface area contributed by atoms with Gasteiger partial charge >= 0.3 is 6.09 Å². The summed E-state index contributed by atoms with van der Waals surface area (Å²) in [6, 6.07) is 13.6. The number of benzene rings is 1. The van der Waals surface area contributed by atoms with Crippen molar-refractivity contribution in [2.45, 2.75) is 45.4 Å². The normalized spacial score (nSPS) is 16.9. The summed E-state index contributed by atoms with van der Waals surface area (Å²) in [6.07, 6.45) is 3.51. The van der Waals surface area contributed by atoms with Crippen molar-refractivity contribution >= 4 is 6.09 Å². The van der Waals surface area contributed by atoms with Crippen LogP contribution in [0.4, 0.5) is 4.79 Å². The summed E-state index contributed by atoms with van der Waals surface area (Å²) in [7, 11) is 0. The number of likely N-dealkylation sites (tertiary alicyclic amines) is 1. The molecule has 2 aromatic rings. The maximum absolute atomic E-state index is 12.5. The Morgan fingerprint density at radius 3 is 2.72 bits per heavy atom. The van der Waals surface area contributed by atoms with Crippen LogP contribution in [0.1, 0.15) is 43.9 Å². The minimum atomic E-state index is -0.270. The van der Waals surface area contributed by atoms with E-state index in [-0.39, 0.29) is 18.2 Å². The molecule has 132 valence electrons. The first-order chi connectivity index (χ1) is 12.1. The highest BCUT2D eigenvalue weighted by Crippen LogP contribution is 2.32. The number of hydrogen-bond donors (Lipinski definition) is 0. The van der Waals surface area contributed by atoms with Gasteiger partial charge in [0.25, 0.3) is 0 Å². The SMILES string of the molecule is CC(C)Oc1ccc(C2CCCN2C(=O)OCc2ccccc2)cn1. The van der Waals surface area contributed by atoms with E-state index >= 15 is 0 Å². The molecule has 1 atom stereocenters. The van der Waals surface area contributed by atoms with Gasteiger partial charge in [-0.15, -0.1) is 0 Å². The van der Waals surface area contributed by atoms with Crippen LogP contribution >= 0.6 is 0 Å². The molecule has 1 aromatic carbocycles. The summed E-state index contributed by atoms with van der Waals surface area (Å²) in [4.78, 5) is 18.6. The lowest BCUT2D eigenvalue weighted by atomic mass is 10.1. The fourth-order valence-corrected chi connectivity index (χ4v) is 3.03. The minimum Gasteiger partial charge on any atom is -0.475 e. The van der Waals surface area contributed by atoms with Gasteiger partial charge < -0.3 is 14.4 Å². The van der Waals surface area contributed by atoms with E-state index in [1.54, 1.807) is 11.1 Å². The number of hydrogen-bond acceptors (Lipinski definition) is 4. The third-order valence-electron chi connectivity index (χ3n) is 4.19. The van der Waals surface area contributed by atoms with E-state index in [2.05, 4.69) is 4.98 Å². The van der Waals surface area contributed by atoms with E-state index in [1.165, 1.54) is 0 Å². The molecular formula is C20H24N2O3. The van der Waals surface area contributed by atoms with Gasteiger partial charge in [-0.05, 0) is 37.8 Å². The Bertz CT molecular complexity index is 686. The van der Waals surface area contributed by atoms with E-state index in [9.17, 15) is 4.79 Å². The average Bonchev–Trinajstić information content (AvgIpc) is 3.10. The van der Waals surface area contributed by atoms with Crippen LogP contribution in [0.15, 0.2) is 48.7 Å². The number of rotatable bonds is 5. The number of aromatic nitrogens is 1. The first-order valence-corrected chi connectivity index (χ1v) is 8.73. The lowest BCUT2D eigenvalue weighted by molar-refractivity contribution is 0.0920. The zero-order valence-electron chi connectivity index (χ0n) is 14.7. The summed E-state index contributed by atoms with van der Waals surface area (Å²) in [5.74, 6) is 0.606. The molecule has 3 rings (SSSR count). The van der Waals surface area contributed by atoms with Gasteiger partial charge in [0.05, 0.1) is 12.1 Å². The van der Waals surface area contributed by atoms with Crippen molar-refractivity contribution in [3.05, 3.63) is 59.8 Å². The van der Waals surface area contributed by atoms with Crippen molar-refractivity contribution in [1.82, 2.24) is 9.88 Å². The third-order valence-corrected chi connectivity index (χ3v) is 4.19. The molecule has 0 bridgehead atoms. The second-order valence-electron chi connectivity index (χ2n) is 6.49. The smallest absolute Gasteiger partial charge is 0.410 e. The molecule has 5 heteroatoms. The zero-order chi connectivity index (χ0) is 17.6. The maximum atomic E-state index is 12.5. The molecule has 1 aliphatic heterocycles. The van der Waals surface area contributed by atoms with Gasteiger partial charge in [0, 0.05) is 18.8 Å². The van der Waals surface area contributed by atoms with E-state index < -0.39 is 0 Å². The summed E-state index contributed by atoms with van der Waals surface area (Å²) >= 11 is 0. The third kappa shape index (κ3) is 4.50. The van der Waals surface area contributed by atoms with Gasteiger partial charge in [0.1, 0.15) is 6.61 Å². The molecule has 5 nitrogen and oxygen atoms in total. The van der Waals surface area contributed by atoms with Crippen LogP contribution in [0.2, 0.25) is 0 Å². The summed E-state index contributed by atoms with van der Waals surface area (Å²) in [5.41, 5.74) is 2.01. The van der Waals surface area contributed by atoms with Crippen LogP contribution in [0, 0.1) is 0 Å². The Labute approximate surface area is 148 Å². The summed E-state index contributed by atoms with van der Waals surface area (Å²) in [5, 5.41) is 0. The number of carbonyl (C=O) groups excluding carboxylic acids is 1. The predicted octanol–water partition coefficient (Wildman–Crippen LogP) is 4.34. The molecule has 0 spiro atoms. The van der Waals surface area contributed by atoms with Gasteiger partial charge in [0.2, 0.25) is 5.88 Å². The number of carbonyl (C=O) groups is 1. The van der Waals surface area contributed by atoms with Crippen molar-refractivity contribution < 1.29 is 14.3 Å². The zero-order valence-corrected chi connectivity index (χ0v) is 14.7. The second-order valence-corrected chi connectivity index (χ2v) is 6.49. The Balaban J connectivity index is 1.62. The van der Waals surface area contributed by atoms with Crippen LogP contribution in [-0.4, -0.2) is 28.6 Å². The molecule has 0 N–H and O–H groups in total. The number of amides is 1. The van der Waals surface area contributed by atoms with Gasteiger partial charge in [-0.2, -0.15) is 0 Å². The molecule has 0 aliphatic carbocycles. The van der Waals surface area contributed by atoms with Crippen molar-refractivity contribution in [2.75, 3.05) is 6.54 Å². The highest BCUT2D eigenvalue weighted by Gasteiger charge is 2.31. The van der Waals surface area contributed by atoms with Crippen molar-refractivity contribution in [2.24, 2.45) is 0 Å². The monoisotopic (exact) mass is 340 g/mol. The number of ether oxygens (including phenoxy) is 2. The van der Waals surface area contributed by atoms with Crippen molar-refractivity contribution in [1.29, 1.82) is 0 Å². The fourth-order valence-electron chi connectivity index (χ4n) is 3.03. The molecule has 0 radical (unpaired) electrons. The fraction of sp³-hybridized carbons (Fsp3) is 0.400. The van der Waals surface area contributed by atoms with E-state index in [4.69, 9.17) is 9.47 Å². The molecule has 1 aromatic heterocycles. The van der Waals surface area contributed by atoms with Gasteiger partial charge in [-0.1, -0.05) is 36.4 Å². The molecule has 25 heavy (non-hydrogen) atoms. The van der Waals surface area contributed by atoms with Crippen molar-refractivity contribution in [3.8, 4) is 5.88 Å². The van der Waals surface area contributed by atoms with Crippen LogP contribution < -0.4 is 4.74 Å². The maximum Gasteiger partial charge on any atom is 0.410 e. The minimum absolute atomic E-state index is 0.0175. The molecule has 0 saturated carbocycles. The largest absolute Gasteiger partial charge is 0.475 e. The molecule has 1 aliphatic rings. The molecule has 1 saturated heterocycles. The van der Waals surface area contributed by atoms with Crippen LogP contribution in [0.3, 0.4) is 0 Å². The highest BCUT2D eigenvalue weighted by atomic mass is 16.6. The first-order valence-electron chi connectivity index (χ1n) is 8.73. The number of nitrogens with zero attached hydrogens (tertiary/aromatic N) is 2. The second kappa shape index (κ2) is 8.01. The Hall–Kier alpha value is -2.56. The Kier molecular flexibility index (Phi) is 5.53. The van der Waals surface area contributed by atoms with Crippen LogP contribution in [0.25, 0.3) is 0 Å². The average molecular weight is 340 g/mol. The van der Waals surface area contributed by atoms with E-state index in [0.29, 0.717) is 19.0 Å². The predicted molar refractivity (Wildman–Crippen MR) is 95.3 cm³/mol. The van der Waals surface area contributed by atoms with E-state index in [0.717, 1.165) is 24.0 Å². The Morgan fingerprint density at radius 1 is 1.24 bits per heavy atom. The lowest BCUT2D eigenvalue weighted by Crippen LogP contribution is -2.31. The molecule has 1 fully saturated rings. The molecule has 1 unspecified atom stereocenters. The standard InChI is InChI=1S/C20H24N2O3/c1-15(2)25-19-11-10-17(13-21-19)18-9-6-12-22(18)20(23)24-14-16-7-4-3-5-8-16/h3-5,7-8,10-11,13,15,18H,6,9,12,14H2,1-2H3. The summed E-state index contributed by atoms with van der Waals surface area (Å²) < 4.78 is 11.1. The molecule has 1 amide bonds. The van der Waals surface area contributed by atoms with Gasteiger partial charge in [-0.3, -0.25) is 0 Å². The van der Waals surface area contributed by atoms with Crippen LogP contribution in [-0.2, 0) is 11.3 Å². The molecule has 2 heterocycles. The van der Waals surface area contributed by atoms with E-state index in [1.807, 2.05) is 56.3 Å². The molecular weight excluding hydrogens is 316 g/mol. The van der Waals surface area contributed by atoms with Gasteiger partial charge in [-0.25, -0.2) is 9.78 Å². The lowest BCUT2D eigenvalue weighted by Gasteiger charge is -2.24. The Morgan fingerprint density at radius 2 is 2.04 bits per heavy atom. The van der Waals surface area contributed by atoms with Gasteiger partial charge in [0.15, 0.2) is 0 Å². The summed E-state index contributed by atoms with van der Waals surface area (Å²) in [6.45, 7) is 4.94. The van der Waals surface area contributed by atoms with Crippen molar-refractivity contribution in [3.63, 3.8) is 0 Å². The topological polar surface area (TPSA) is 51.7 Å².